The van der Waals surface area contributed by atoms with Gasteiger partial charge in [0.25, 0.3) is 0 Å². The minimum Gasteiger partial charge on any atom is -0.423 e. The Bertz CT molecular complexity index is 2150. The fourth-order valence-electron chi connectivity index (χ4n) is 5.90. The minimum atomic E-state index is -3.48. The standard InChI is InChI=1S/C42H44N3O6P3/c1-4-46-52(49-40-28-22-37(23-29-40)34-16-10-7-11-17-34)43-53(47-5-2,50-41-30-24-38(25-31-41)35-18-12-8-13-19-35)45-54(44-52,48-6-3)51-42-32-26-39(27-33-42)36-20-14-9-15-21-36/h7-33,43-44H,4-6H2,1-3H3/q+2. The van der Waals surface area contributed by atoms with Crippen LogP contribution in [0.25, 0.3) is 33.4 Å². The van der Waals surface area contributed by atoms with Gasteiger partial charge in [-0.25, -0.2) is 0 Å². The van der Waals surface area contributed by atoms with Crippen molar-refractivity contribution < 1.29 is 27.1 Å². The van der Waals surface area contributed by atoms with E-state index in [2.05, 4.69) is 46.1 Å². The monoisotopic (exact) mass is 779 g/mol. The zero-order valence-electron chi connectivity index (χ0n) is 30.4. The Hall–Kier alpha value is -4.39. The van der Waals surface area contributed by atoms with Gasteiger partial charge in [-0.2, -0.15) is 9.05 Å². The second-order valence-corrected chi connectivity index (χ2v) is 18.9. The molecule has 9 nitrogen and oxygen atoms in total. The van der Waals surface area contributed by atoms with Crippen molar-refractivity contribution in [3.8, 4) is 50.6 Å². The summed E-state index contributed by atoms with van der Waals surface area (Å²) in [7, 11) is -10.3. The molecule has 1 aliphatic heterocycles. The van der Waals surface area contributed by atoms with E-state index in [1.165, 1.54) is 0 Å². The molecule has 6 aromatic carbocycles. The van der Waals surface area contributed by atoms with Gasteiger partial charge in [-0.05, 0) is 95.4 Å². The second-order valence-electron chi connectivity index (χ2n) is 12.1. The molecule has 6 aromatic rings. The molecule has 276 valence electrons. The lowest BCUT2D eigenvalue weighted by Crippen LogP contribution is -2.38. The molecular weight excluding hydrogens is 735 g/mol. The van der Waals surface area contributed by atoms with Crippen molar-refractivity contribution >= 4 is 23.7 Å². The SMILES string of the molecule is CCOP1(Oc2ccc(-c3ccccc3)cc2)=N[P+](OCC)(Oc2ccc(-c3ccccc3)cc2)N[P+](OCC)(Oc2ccc(-c3ccccc3)cc2)N1. The molecule has 0 bridgehead atoms. The molecule has 0 saturated heterocycles. The van der Waals surface area contributed by atoms with Crippen LogP contribution in [0, 0.1) is 0 Å². The van der Waals surface area contributed by atoms with E-state index in [1.807, 2.05) is 148 Å². The largest absolute Gasteiger partial charge is 0.571 e. The highest BCUT2D eigenvalue weighted by atomic mass is 31.3. The lowest BCUT2D eigenvalue weighted by Gasteiger charge is -2.34. The van der Waals surface area contributed by atoms with Gasteiger partial charge in [-0.15, -0.1) is 0 Å². The summed E-state index contributed by atoms with van der Waals surface area (Å²) in [6, 6.07) is 54.2. The predicted octanol–water partition coefficient (Wildman–Crippen LogP) is 12.8. The molecule has 3 unspecified atom stereocenters. The van der Waals surface area contributed by atoms with E-state index in [1.54, 1.807) is 0 Å². The van der Waals surface area contributed by atoms with Crippen LogP contribution in [-0.4, -0.2) is 19.8 Å². The van der Waals surface area contributed by atoms with E-state index in [0.29, 0.717) is 23.9 Å². The zero-order chi connectivity index (χ0) is 37.3. The highest BCUT2D eigenvalue weighted by Crippen LogP contribution is 2.80. The summed E-state index contributed by atoms with van der Waals surface area (Å²) < 4.78 is 45.3. The third kappa shape index (κ3) is 9.10. The first kappa shape index (κ1) is 37.9. The fourth-order valence-corrected chi connectivity index (χ4v) is 16.2. The number of nitrogens with one attached hydrogen (secondary N) is 2. The molecule has 12 heteroatoms. The van der Waals surface area contributed by atoms with E-state index in [0.717, 1.165) is 33.4 Å². The van der Waals surface area contributed by atoms with Crippen LogP contribution in [-0.2, 0) is 13.6 Å². The van der Waals surface area contributed by atoms with E-state index in [9.17, 15) is 0 Å². The molecule has 3 atom stereocenters. The highest BCUT2D eigenvalue weighted by molar-refractivity contribution is 7.88. The molecule has 0 aromatic heterocycles. The van der Waals surface area contributed by atoms with Gasteiger partial charge in [-0.1, -0.05) is 127 Å². The molecule has 54 heavy (non-hydrogen) atoms. The quantitative estimate of drug-likeness (QED) is 0.0996. The number of nitrogens with zero attached hydrogens (tertiary/aromatic N) is 1. The Morgan fingerprint density at radius 3 is 1.30 bits per heavy atom. The van der Waals surface area contributed by atoms with Crippen molar-refractivity contribution in [3.05, 3.63) is 164 Å². The lowest BCUT2D eigenvalue weighted by atomic mass is 10.1. The van der Waals surface area contributed by atoms with Crippen LogP contribution in [0.4, 0.5) is 0 Å². The van der Waals surface area contributed by atoms with Crippen molar-refractivity contribution in [1.29, 1.82) is 0 Å². The number of hydrogen-bond acceptors (Lipinski definition) is 9. The summed E-state index contributed by atoms with van der Waals surface area (Å²) in [4.78, 5) is 7.05. The van der Waals surface area contributed by atoms with Crippen LogP contribution in [0.3, 0.4) is 0 Å². The zero-order valence-corrected chi connectivity index (χ0v) is 33.1. The molecule has 1 heterocycles. The van der Waals surface area contributed by atoms with Gasteiger partial charge in [-0.3, -0.25) is 13.6 Å². The third-order valence-electron chi connectivity index (χ3n) is 8.25. The molecule has 0 fully saturated rings. The van der Waals surface area contributed by atoms with E-state index in [4.69, 9.17) is 31.7 Å². The molecule has 1 aliphatic rings. The summed E-state index contributed by atoms with van der Waals surface area (Å²) in [5.41, 5.74) is 6.47. The Kier molecular flexibility index (Phi) is 12.2. The van der Waals surface area contributed by atoms with Gasteiger partial charge in [0.05, 0.1) is 24.7 Å². The van der Waals surface area contributed by atoms with Gasteiger partial charge in [0, 0.05) is 4.52 Å². The Balaban J connectivity index is 1.29. The van der Waals surface area contributed by atoms with Gasteiger partial charge in [0.2, 0.25) is 0 Å². The average Bonchev–Trinajstić information content (AvgIpc) is 3.20. The molecule has 0 aliphatic carbocycles. The maximum Gasteiger partial charge on any atom is 0.571 e. The van der Waals surface area contributed by atoms with Crippen molar-refractivity contribution in [2.75, 3.05) is 19.8 Å². The predicted molar refractivity (Wildman–Crippen MR) is 222 cm³/mol. The topological polar surface area (TPSA) is 91.8 Å². The molecule has 2 N–H and O–H groups in total. The molecular formula is C42H44N3O6P3+2. The van der Waals surface area contributed by atoms with Crippen molar-refractivity contribution in [3.63, 3.8) is 0 Å². The Labute approximate surface area is 319 Å². The molecule has 0 radical (unpaired) electrons. The number of benzene rings is 6. The summed E-state index contributed by atoms with van der Waals surface area (Å²) in [5, 5.41) is 0. The maximum atomic E-state index is 6.85. The molecule has 0 spiro atoms. The third-order valence-corrected chi connectivity index (χ3v) is 17.5. The molecule has 0 amide bonds. The maximum absolute atomic E-state index is 6.85. The van der Waals surface area contributed by atoms with Crippen LogP contribution in [0.15, 0.2) is 168 Å². The second kappa shape index (κ2) is 17.4. The van der Waals surface area contributed by atoms with Crippen LogP contribution in [0.5, 0.6) is 17.2 Å². The molecule has 0 saturated carbocycles. The highest BCUT2D eigenvalue weighted by Gasteiger charge is 2.72. The number of hydrogen-bond donors (Lipinski definition) is 2. The fraction of sp³-hybridized carbons (Fsp3) is 0.143. The van der Waals surface area contributed by atoms with E-state index >= 15 is 0 Å². The first-order chi connectivity index (χ1) is 26.4. The summed E-state index contributed by atoms with van der Waals surface area (Å²) in [6.07, 6.45) is 0. The van der Waals surface area contributed by atoms with Crippen molar-refractivity contribution in [2.45, 2.75) is 20.8 Å². The van der Waals surface area contributed by atoms with Gasteiger partial charge < -0.3 is 4.52 Å². The van der Waals surface area contributed by atoms with E-state index in [-0.39, 0.29) is 13.2 Å². The average molecular weight is 780 g/mol. The van der Waals surface area contributed by atoms with Crippen LogP contribution >= 0.6 is 23.7 Å². The van der Waals surface area contributed by atoms with E-state index < -0.39 is 23.7 Å². The van der Waals surface area contributed by atoms with Gasteiger partial charge in [0.15, 0.2) is 11.5 Å². The first-order valence-electron chi connectivity index (χ1n) is 17.9. The van der Waals surface area contributed by atoms with Crippen molar-refractivity contribution in [1.82, 2.24) is 9.72 Å². The lowest BCUT2D eigenvalue weighted by molar-refractivity contribution is 0.272. The summed E-state index contributed by atoms with van der Waals surface area (Å²) in [5.74, 6) is 1.68. The normalized spacial score (nSPS) is 20.8. The number of rotatable bonds is 15. The van der Waals surface area contributed by atoms with Crippen LogP contribution in [0.2, 0.25) is 0 Å². The smallest absolute Gasteiger partial charge is 0.423 e. The summed E-state index contributed by atoms with van der Waals surface area (Å²) in [6.45, 7) is 6.57. The summed E-state index contributed by atoms with van der Waals surface area (Å²) >= 11 is 0. The Morgan fingerprint density at radius 2 is 0.870 bits per heavy atom. The molecule has 7 rings (SSSR count). The Morgan fingerprint density at radius 1 is 0.463 bits per heavy atom. The van der Waals surface area contributed by atoms with Crippen LogP contribution < -0.4 is 23.3 Å². The van der Waals surface area contributed by atoms with Gasteiger partial charge >= 0.3 is 23.7 Å². The van der Waals surface area contributed by atoms with Crippen LogP contribution in [0.1, 0.15) is 20.8 Å². The minimum absolute atomic E-state index is 0.280. The first-order valence-corrected chi connectivity index (χ1v) is 22.7. The van der Waals surface area contributed by atoms with Crippen molar-refractivity contribution in [2.24, 2.45) is 4.52 Å². The van der Waals surface area contributed by atoms with Gasteiger partial charge in [0.1, 0.15) is 5.75 Å².